The van der Waals surface area contributed by atoms with Crippen LogP contribution in [0.15, 0.2) is 48.5 Å². The fourth-order valence-electron chi connectivity index (χ4n) is 2.50. The van der Waals surface area contributed by atoms with E-state index < -0.39 is 0 Å². The van der Waals surface area contributed by atoms with Gasteiger partial charge in [0, 0.05) is 6.54 Å². The second-order valence-electron chi connectivity index (χ2n) is 5.87. The van der Waals surface area contributed by atoms with Gasteiger partial charge in [-0.25, -0.2) is 4.68 Å². The summed E-state index contributed by atoms with van der Waals surface area (Å²) in [7, 11) is 0. The van der Waals surface area contributed by atoms with Crippen molar-refractivity contribution in [3.05, 3.63) is 76.6 Å². The van der Waals surface area contributed by atoms with Crippen LogP contribution in [0.2, 0.25) is 0 Å². The number of benzene rings is 2. The molecule has 0 radical (unpaired) electrons. The first-order valence-electron chi connectivity index (χ1n) is 7.88. The zero-order valence-electron chi connectivity index (χ0n) is 14.1. The highest BCUT2D eigenvalue weighted by Crippen LogP contribution is 2.16. The number of aromatic nitrogens is 3. The summed E-state index contributed by atoms with van der Waals surface area (Å²) in [6.07, 6.45) is 0. The lowest BCUT2D eigenvalue weighted by molar-refractivity contribution is 0.0945. The Hall–Kier alpha value is -2.95. The standard InChI is InChI=1S/C19H20N4O/c1-13-9-10-17(11-14(13)2)23-15(3)18(21-22-23)19(24)20-12-16-7-5-4-6-8-16/h4-11H,12H2,1-3H3,(H,20,24). The van der Waals surface area contributed by atoms with Gasteiger partial charge in [0.15, 0.2) is 5.69 Å². The van der Waals surface area contributed by atoms with Crippen LogP contribution in [0, 0.1) is 20.8 Å². The topological polar surface area (TPSA) is 59.8 Å². The van der Waals surface area contributed by atoms with Crippen LogP contribution >= 0.6 is 0 Å². The molecule has 5 heteroatoms. The number of rotatable bonds is 4. The van der Waals surface area contributed by atoms with Crippen molar-refractivity contribution >= 4 is 5.91 Å². The van der Waals surface area contributed by atoms with Gasteiger partial charge in [-0.2, -0.15) is 0 Å². The molecular formula is C19H20N4O. The quantitative estimate of drug-likeness (QED) is 0.803. The predicted molar refractivity (Wildman–Crippen MR) is 93.2 cm³/mol. The molecule has 1 N–H and O–H groups in total. The summed E-state index contributed by atoms with van der Waals surface area (Å²) in [5, 5.41) is 11.1. The largest absolute Gasteiger partial charge is 0.347 e. The van der Waals surface area contributed by atoms with Gasteiger partial charge in [-0.05, 0) is 49.6 Å². The SMILES string of the molecule is Cc1ccc(-n2nnc(C(=O)NCc3ccccc3)c2C)cc1C. The maximum Gasteiger partial charge on any atom is 0.274 e. The van der Waals surface area contributed by atoms with E-state index in [1.807, 2.05) is 55.5 Å². The average molecular weight is 320 g/mol. The van der Waals surface area contributed by atoms with Crippen LogP contribution in [0.5, 0.6) is 0 Å². The Morgan fingerprint density at radius 3 is 2.50 bits per heavy atom. The average Bonchev–Trinajstić information content (AvgIpc) is 2.98. The highest BCUT2D eigenvalue weighted by atomic mass is 16.2. The van der Waals surface area contributed by atoms with Crippen molar-refractivity contribution in [3.8, 4) is 5.69 Å². The van der Waals surface area contributed by atoms with E-state index in [9.17, 15) is 4.79 Å². The first kappa shape index (κ1) is 15.9. The summed E-state index contributed by atoms with van der Waals surface area (Å²) < 4.78 is 1.70. The van der Waals surface area contributed by atoms with Gasteiger partial charge in [-0.15, -0.1) is 5.10 Å². The Bertz CT molecular complexity index is 868. The Labute approximate surface area is 141 Å². The van der Waals surface area contributed by atoms with Crippen molar-refractivity contribution < 1.29 is 4.79 Å². The minimum absolute atomic E-state index is 0.216. The summed E-state index contributed by atoms with van der Waals surface area (Å²) in [6.45, 7) is 6.44. The fourth-order valence-corrected chi connectivity index (χ4v) is 2.50. The molecule has 3 aromatic rings. The molecule has 0 aliphatic heterocycles. The number of carbonyl (C=O) groups is 1. The van der Waals surface area contributed by atoms with E-state index in [4.69, 9.17) is 0 Å². The molecule has 1 amide bonds. The molecule has 0 saturated carbocycles. The Kier molecular flexibility index (Phi) is 4.42. The maximum absolute atomic E-state index is 12.4. The summed E-state index contributed by atoms with van der Waals surface area (Å²) in [5.41, 5.74) is 5.43. The van der Waals surface area contributed by atoms with Gasteiger partial charge in [-0.1, -0.05) is 41.6 Å². The molecule has 0 saturated heterocycles. The Morgan fingerprint density at radius 1 is 1.04 bits per heavy atom. The van der Waals surface area contributed by atoms with Crippen LogP contribution in [-0.2, 0) is 6.54 Å². The number of aryl methyl sites for hydroxylation is 2. The molecule has 0 bridgehead atoms. The summed E-state index contributed by atoms with van der Waals surface area (Å²) >= 11 is 0. The Balaban J connectivity index is 1.79. The lowest BCUT2D eigenvalue weighted by Crippen LogP contribution is -2.24. The number of hydrogen-bond donors (Lipinski definition) is 1. The zero-order valence-corrected chi connectivity index (χ0v) is 14.1. The van der Waals surface area contributed by atoms with Gasteiger partial charge in [0.05, 0.1) is 11.4 Å². The number of carbonyl (C=O) groups excluding carboxylic acids is 1. The lowest BCUT2D eigenvalue weighted by atomic mass is 10.1. The molecule has 0 aliphatic carbocycles. The third kappa shape index (κ3) is 3.20. The van der Waals surface area contributed by atoms with Crippen LogP contribution in [0.1, 0.15) is 32.9 Å². The maximum atomic E-state index is 12.4. The van der Waals surface area contributed by atoms with Crippen LogP contribution in [-0.4, -0.2) is 20.9 Å². The fraction of sp³-hybridized carbons (Fsp3) is 0.211. The van der Waals surface area contributed by atoms with Crippen molar-refractivity contribution in [2.24, 2.45) is 0 Å². The van der Waals surface area contributed by atoms with Crippen molar-refractivity contribution in [1.29, 1.82) is 0 Å². The third-order valence-corrected chi connectivity index (χ3v) is 4.14. The predicted octanol–water partition coefficient (Wildman–Crippen LogP) is 3.12. The molecule has 0 aliphatic rings. The first-order chi connectivity index (χ1) is 11.6. The molecule has 5 nitrogen and oxygen atoms in total. The smallest absolute Gasteiger partial charge is 0.274 e. The van der Waals surface area contributed by atoms with E-state index in [0.29, 0.717) is 12.2 Å². The first-order valence-corrected chi connectivity index (χ1v) is 7.88. The van der Waals surface area contributed by atoms with Gasteiger partial charge in [0.25, 0.3) is 5.91 Å². The van der Waals surface area contributed by atoms with E-state index in [1.165, 1.54) is 11.1 Å². The van der Waals surface area contributed by atoms with E-state index in [2.05, 4.69) is 29.5 Å². The monoisotopic (exact) mass is 320 g/mol. The highest BCUT2D eigenvalue weighted by molar-refractivity contribution is 5.93. The van der Waals surface area contributed by atoms with Crippen molar-refractivity contribution in [3.63, 3.8) is 0 Å². The molecule has 122 valence electrons. The van der Waals surface area contributed by atoms with Crippen LogP contribution in [0.4, 0.5) is 0 Å². The Morgan fingerprint density at radius 2 is 1.79 bits per heavy atom. The molecule has 3 rings (SSSR count). The highest BCUT2D eigenvalue weighted by Gasteiger charge is 2.17. The number of amides is 1. The van der Waals surface area contributed by atoms with Gasteiger partial charge < -0.3 is 5.32 Å². The molecule has 0 unspecified atom stereocenters. The molecule has 2 aromatic carbocycles. The number of nitrogens with zero attached hydrogens (tertiary/aromatic N) is 3. The number of nitrogens with one attached hydrogen (secondary N) is 1. The molecule has 1 aromatic heterocycles. The van der Waals surface area contributed by atoms with E-state index in [1.54, 1.807) is 4.68 Å². The summed E-state index contributed by atoms with van der Waals surface area (Å²) in [5.74, 6) is -0.216. The zero-order chi connectivity index (χ0) is 17.1. The minimum Gasteiger partial charge on any atom is -0.347 e. The van der Waals surface area contributed by atoms with Crippen molar-refractivity contribution in [2.75, 3.05) is 0 Å². The number of hydrogen-bond acceptors (Lipinski definition) is 3. The third-order valence-electron chi connectivity index (χ3n) is 4.14. The normalized spacial score (nSPS) is 10.6. The van der Waals surface area contributed by atoms with Crippen molar-refractivity contribution in [2.45, 2.75) is 27.3 Å². The minimum atomic E-state index is -0.216. The van der Waals surface area contributed by atoms with E-state index >= 15 is 0 Å². The van der Waals surface area contributed by atoms with Gasteiger partial charge in [0.1, 0.15) is 0 Å². The van der Waals surface area contributed by atoms with Gasteiger partial charge >= 0.3 is 0 Å². The molecule has 24 heavy (non-hydrogen) atoms. The molecular weight excluding hydrogens is 300 g/mol. The molecule has 0 spiro atoms. The summed E-state index contributed by atoms with van der Waals surface area (Å²) in [6, 6.07) is 15.9. The van der Waals surface area contributed by atoms with E-state index in [-0.39, 0.29) is 5.91 Å². The molecule has 0 atom stereocenters. The second-order valence-corrected chi connectivity index (χ2v) is 5.87. The van der Waals surface area contributed by atoms with Gasteiger partial charge in [-0.3, -0.25) is 4.79 Å². The van der Waals surface area contributed by atoms with Crippen molar-refractivity contribution in [1.82, 2.24) is 20.3 Å². The van der Waals surface area contributed by atoms with Crippen LogP contribution < -0.4 is 5.32 Å². The molecule has 1 heterocycles. The van der Waals surface area contributed by atoms with E-state index in [0.717, 1.165) is 16.9 Å². The molecule has 0 fully saturated rings. The lowest BCUT2D eigenvalue weighted by Gasteiger charge is -2.07. The van der Waals surface area contributed by atoms with Crippen LogP contribution in [0.25, 0.3) is 5.69 Å². The van der Waals surface area contributed by atoms with Crippen LogP contribution in [0.3, 0.4) is 0 Å². The second kappa shape index (κ2) is 6.66. The summed E-state index contributed by atoms with van der Waals surface area (Å²) in [4.78, 5) is 12.4. The van der Waals surface area contributed by atoms with Gasteiger partial charge in [0.2, 0.25) is 0 Å².